The van der Waals surface area contributed by atoms with Crippen LogP contribution in [0.4, 0.5) is 4.79 Å². The van der Waals surface area contributed by atoms with Crippen LogP contribution in [-0.2, 0) is 11.2 Å². The number of benzene rings is 1. The SMILES string of the molecule is C=C(NCCN)c1ccc(CCNC(=O)OC(C)(C)C)cc1. The Kier molecular flexibility index (Phi) is 6.92. The zero-order chi connectivity index (χ0) is 16.6. The van der Waals surface area contributed by atoms with Crippen molar-refractivity contribution in [3.05, 3.63) is 42.0 Å². The van der Waals surface area contributed by atoms with Crippen LogP contribution in [0, 0.1) is 0 Å². The molecule has 0 unspecified atom stereocenters. The molecule has 0 aliphatic rings. The van der Waals surface area contributed by atoms with Crippen molar-refractivity contribution < 1.29 is 9.53 Å². The number of amides is 1. The Labute approximate surface area is 132 Å². The number of hydrogen-bond acceptors (Lipinski definition) is 4. The lowest BCUT2D eigenvalue weighted by Crippen LogP contribution is -2.33. The first kappa shape index (κ1) is 18.0. The third kappa shape index (κ3) is 7.13. The second-order valence-electron chi connectivity index (χ2n) is 6.07. The molecule has 0 aliphatic carbocycles. The maximum Gasteiger partial charge on any atom is 0.407 e. The fourth-order valence-electron chi connectivity index (χ4n) is 1.82. The van der Waals surface area contributed by atoms with E-state index in [0.29, 0.717) is 19.6 Å². The molecule has 1 aromatic carbocycles. The molecule has 0 radical (unpaired) electrons. The number of ether oxygens (including phenoxy) is 1. The Hall–Kier alpha value is -2.01. The molecular weight excluding hydrogens is 278 g/mol. The average Bonchev–Trinajstić information content (AvgIpc) is 2.43. The fraction of sp³-hybridized carbons (Fsp3) is 0.471. The Morgan fingerprint density at radius 1 is 1.18 bits per heavy atom. The highest BCUT2D eigenvalue weighted by atomic mass is 16.6. The van der Waals surface area contributed by atoms with Crippen molar-refractivity contribution in [2.24, 2.45) is 5.73 Å². The van der Waals surface area contributed by atoms with Gasteiger partial charge in [0.2, 0.25) is 0 Å². The van der Waals surface area contributed by atoms with E-state index in [1.54, 1.807) is 0 Å². The highest BCUT2D eigenvalue weighted by molar-refractivity contribution is 5.67. The summed E-state index contributed by atoms with van der Waals surface area (Å²) in [6.45, 7) is 11.3. The molecule has 5 nitrogen and oxygen atoms in total. The smallest absolute Gasteiger partial charge is 0.407 e. The van der Waals surface area contributed by atoms with Crippen molar-refractivity contribution in [1.29, 1.82) is 0 Å². The molecule has 122 valence electrons. The Morgan fingerprint density at radius 2 is 1.82 bits per heavy atom. The lowest BCUT2D eigenvalue weighted by atomic mass is 10.1. The Balaban J connectivity index is 2.38. The predicted molar refractivity (Wildman–Crippen MR) is 90.5 cm³/mol. The van der Waals surface area contributed by atoms with E-state index in [1.165, 1.54) is 0 Å². The predicted octanol–water partition coefficient (Wildman–Crippen LogP) is 2.27. The quantitative estimate of drug-likeness (QED) is 0.722. The average molecular weight is 305 g/mol. The van der Waals surface area contributed by atoms with Gasteiger partial charge in [-0.05, 0) is 38.3 Å². The largest absolute Gasteiger partial charge is 0.444 e. The molecule has 1 rings (SSSR count). The number of rotatable bonds is 7. The Bertz CT molecular complexity index is 490. The van der Waals surface area contributed by atoms with Crippen molar-refractivity contribution in [1.82, 2.24) is 10.6 Å². The molecule has 0 saturated carbocycles. The minimum atomic E-state index is -0.470. The summed E-state index contributed by atoms with van der Waals surface area (Å²) in [4.78, 5) is 11.5. The summed E-state index contributed by atoms with van der Waals surface area (Å²) in [6, 6.07) is 8.08. The van der Waals surface area contributed by atoms with E-state index in [0.717, 1.165) is 23.2 Å². The summed E-state index contributed by atoms with van der Waals surface area (Å²) in [7, 11) is 0. The zero-order valence-corrected chi connectivity index (χ0v) is 13.7. The molecule has 4 N–H and O–H groups in total. The van der Waals surface area contributed by atoms with E-state index >= 15 is 0 Å². The number of carbonyl (C=O) groups is 1. The minimum absolute atomic E-state index is 0.386. The second-order valence-corrected chi connectivity index (χ2v) is 6.07. The number of nitrogens with one attached hydrogen (secondary N) is 2. The van der Waals surface area contributed by atoms with Crippen molar-refractivity contribution in [2.45, 2.75) is 32.8 Å². The minimum Gasteiger partial charge on any atom is -0.444 e. The van der Waals surface area contributed by atoms with Crippen molar-refractivity contribution >= 4 is 11.8 Å². The van der Waals surface area contributed by atoms with Crippen LogP contribution in [0.2, 0.25) is 0 Å². The molecule has 0 spiro atoms. The van der Waals surface area contributed by atoms with Crippen LogP contribution >= 0.6 is 0 Å². The monoisotopic (exact) mass is 305 g/mol. The van der Waals surface area contributed by atoms with Crippen molar-refractivity contribution in [3.8, 4) is 0 Å². The number of alkyl carbamates (subject to hydrolysis) is 1. The fourth-order valence-corrected chi connectivity index (χ4v) is 1.82. The lowest BCUT2D eigenvalue weighted by Gasteiger charge is -2.19. The molecule has 22 heavy (non-hydrogen) atoms. The van der Waals surface area contributed by atoms with Crippen LogP contribution in [0.15, 0.2) is 30.8 Å². The van der Waals surface area contributed by atoms with E-state index < -0.39 is 5.60 Å². The highest BCUT2D eigenvalue weighted by Gasteiger charge is 2.15. The molecule has 1 aromatic rings. The molecule has 1 amide bonds. The van der Waals surface area contributed by atoms with Gasteiger partial charge >= 0.3 is 6.09 Å². The Morgan fingerprint density at radius 3 is 2.36 bits per heavy atom. The normalized spacial score (nSPS) is 10.9. The molecule has 0 aliphatic heterocycles. The summed E-state index contributed by atoms with van der Waals surface area (Å²) in [5.74, 6) is 0. The van der Waals surface area contributed by atoms with Crippen LogP contribution in [0.5, 0.6) is 0 Å². The first-order valence-electron chi connectivity index (χ1n) is 7.51. The zero-order valence-electron chi connectivity index (χ0n) is 13.7. The molecule has 0 bridgehead atoms. The van der Waals surface area contributed by atoms with Gasteiger partial charge in [-0.2, -0.15) is 0 Å². The summed E-state index contributed by atoms with van der Waals surface area (Å²) in [6.07, 6.45) is 0.367. The van der Waals surface area contributed by atoms with Gasteiger partial charge in [0.05, 0.1) is 0 Å². The van der Waals surface area contributed by atoms with Gasteiger partial charge in [-0.1, -0.05) is 30.8 Å². The molecule has 0 atom stereocenters. The highest BCUT2D eigenvalue weighted by Crippen LogP contribution is 2.11. The lowest BCUT2D eigenvalue weighted by molar-refractivity contribution is 0.0528. The maximum atomic E-state index is 11.5. The van der Waals surface area contributed by atoms with Crippen LogP contribution < -0.4 is 16.4 Å². The van der Waals surface area contributed by atoms with Crippen molar-refractivity contribution in [3.63, 3.8) is 0 Å². The molecule has 0 aromatic heterocycles. The van der Waals surface area contributed by atoms with E-state index in [-0.39, 0.29) is 6.09 Å². The van der Waals surface area contributed by atoms with Gasteiger partial charge in [-0.25, -0.2) is 4.79 Å². The van der Waals surface area contributed by atoms with Gasteiger partial charge < -0.3 is 21.1 Å². The van der Waals surface area contributed by atoms with E-state index in [1.807, 2.05) is 45.0 Å². The van der Waals surface area contributed by atoms with E-state index in [4.69, 9.17) is 10.5 Å². The first-order chi connectivity index (χ1) is 10.3. The second kappa shape index (κ2) is 8.44. The third-order valence-corrected chi connectivity index (χ3v) is 2.87. The summed E-state index contributed by atoms with van der Waals surface area (Å²) in [5, 5.41) is 5.90. The molecule has 5 heteroatoms. The standard InChI is InChI=1S/C17H27N3O2/c1-13(19-12-10-18)15-7-5-14(6-8-15)9-11-20-16(21)22-17(2,3)4/h5-8,19H,1,9-12,18H2,2-4H3,(H,20,21). The molecule has 0 saturated heterocycles. The third-order valence-electron chi connectivity index (χ3n) is 2.87. The summed E-state index contributed by atoms with van der Waals surface area (Å²) in [5.41, 5.74) is 8.03. The van der Waals surface area contributed by atoms with Gasteiger partial charge in [0.1, 0.15) is 5.60 Å². The molecular formula is C17H27N3O2. The van der Waals surface area contributed by atoms with Crippen LogP contribution in [0.25, 0.3) is 5.70 Å². The maximum absolute atomic E-state index is 11.5. The van der Waals surface area contributed by atoms with E-state index in [9.17, 15) is 4.79 Å². The van der Waals surface area contributed by atoms with E-state index in [2.05, 4.69) is 17.2 Å². The van der Waals surface area contributed by atoms with Gasteiger partial charge in [0.15, 0.2) is 0 Å². The first-order valence-corrected chi connectivity index (χ1v) is 7.51. The van der Waals surface area contributed by atoms with Gasteiger partial charge in [0, 0.05) is 25.3 Å². The van der Waals surface area contributed by atoms with Crippen molar-refractivity contribution in [2.75, 3.05) is 19.6 Å². The summed E-state index contributed by atoms with van der Waals surface area (Å²) < 4.78 is 5.18. The molecule has 0 heterocycles. The number of nitrogens with two attached hydrogens (primary N) is 1. The number of carbonyl (C=O) groups excluding carboxylic acids is 1. The van der Waals surface area contributed by atoms with Crippen LogP contribution in [0.3, 0.4) is 0 Å². The van der Waals surface area contributed by atoms with Crippen LogP contribution in [0.1, 0.15) is 31.9 Å². The topological polar surface area (TPSA) is 76.4 Å². The van der Waals surface area contributed by atoms with Crippen LogP contribution in [-0.4, -0.2) is 31.3 Å². The van der Waals surface area contributed by atoms with Gasteiger partial charge in [-0.15, -0.1) is 0 Å². The molecule has 0 fully saturated rings. The number of hydrogen-bond donors (Lipinski definition) is 3. The van der Waals surface area contributed by atoms with Gasteiger partial charge in [0.25, 0.3) is 0 Å². The summed E-state index contributed by atoms with van der Waals surface area (Å²) >= 11 is 0. The van der Waals surface area contributed by atoms with Gasteiger partial charge in [-0.3, -0.25) is 0 Å².